The van der Waals surface area contributed by atoms with Gasteiger partial charge in [0, 0.05) is 12.4 Å². The zero-order chi connectivity index (χ0) is 16.6. The minimum Gasteiger partial charge on any atom is -0.326 e. The Morgan fingerprint density at radius 2 is 1.56 bits per heavy atom. The standard InChI is InChI=1S/C23H18N2/c1-2-6-17(7-3-1)23(25-13-12-24-16-25)19-10-11-22-20(15-19)14-18-8-4-5-9-21(18)22/h1-13,15-16,23H,14H2. The number of hydrogen-bond acceptors (Lipinski definition) is 1. The number of rotatable bonds is 3. The molecule has 0 spiro atoms. The highest BCUT2D eigenvalue weighted by atomic mass is 15.0. The Morgan fingerprint density at radius 3 is 2.40 bits per heavy atom. The molecule has 0 bridgehead atoms. The molecule has 1 aromatic heterocycles. The molecule has 0 saturated heterocycles. The van der Waals surface area contributed by atoms with Crippen molar-refractivity contribution < 1.29 is 0 Å². The van der Waals surface area contributed by atoms with Gasteiger partial charge in [0.1, 0.15) is 0 Å². The summed E-state index contributed by atoms with van der Waals surface area (Å²) in [5, 5.41) is 0. The van der Waals surface area contributed by atoms with Crippen molar-refractivity contribution in [1.29, 1.82) is 0 Å². The molecule has 2 heteroatoms. The Labute approximate surface area is 147 Å². The first kappa shape index (κ1) is 14.2. The molecule has 0 radical (unpaired) electrons. The van der Waals surface area contributed by atoms with E-state index in [9.17, 15) is 0 Å². The van der Waals surface area contributed by atoms with Gasteiger partial charge in [-0.3, -0.25) is 0 Å². The normalized spacial score (nSPS) is 13.3. The monoisotopic (exact) mass is 322 g/mol. The van der Waals surface area contributed by atoms with Crippen molar-refractivity contribution in [3.8, 4) is 11.1 Å². The van der Waals surface area contributed by atoms with E-state index in [1.807, 2.05) is 18.7 Å². The van der Waals surface area contributed by atoms with Crippen LogP contribution in [0.2, 0.25) is 0 Å². The molecule has 2 nitrogen and oxygen atoms in total. The molecule has 0 amide bonds. The zero-order valence-corrected chi connectivity index (χ0v) is 13.8. The van der Waals surface area contributed by atoms with Crippen LogP contribution in [0.1, 0.15) is 28.3 Å². The van der Waals surface area contributed by atoms with Gasteiger partial charge in [-0.25, -0.2) is 4.98 Å². The highest BCUT2D eigenvalue weighted by molar-refractivity contribution is 5.77. The van der Waals surface area contributed by atoms with E-state index in [2.05, 4.69) is 82.3 Å². The van der Waals surface area contributed by atoms with Crippen LogP contribution in [0.4, 0.5) is 0 Å². The molecule has 5 rings (SSSR count). The van der Waals surface area contributed by atoms with E-state index in [0.29, 0.717) is 0 Å². The predicted octanol–water partition coefficient (Wildman–Crippen LogP) is 5.09. The Bertz CT molecular complexity index is 1020. The first-order valence-corrected chi connectivity index (χ1v) is 8.63. The van der Waals surface area contributed by atoms with Gasteiger partial charge in [-0.05, 0) is 39.8 Å². The maximum Gasteiger partial charge on any atom is 0.0954 e. The van der Waals surface area contributed by atoms with E-state index in [1.165, 1.54) is 33.4 Å². The molecule has 1 atom stereocenters. The largest absolute Gasteiger partial charge is 0.326 e. The summed E-state index contributed by atoms with van der Waals surface area (Å²) in [7, 11) is 0. The van der Waals surface area contributed by atoms with Crippen LogP contribution in [0, 0.1) is 0 Å². The van der Waals surface area contributed by atoms with Crippen LogP contribution in [-0.4, -0.2) is 9.55 Å². The molecule has 0 saturated carbocycles. The topological polar surface area (TPSA) is 17.8 Å². The number of hydrogen-bond donors (Lipinski definition) is 0. The first-order chi connectivity index (χ1) is 12.4. The molecule has 1 aliphatic carbocycles. The zero-order valence-electron chi connectivity index (χ0n) is 13.8. The van der Waals surface area contributed by atoms with E-state index in [4.69, 9.17) is 0 Å². The van der Waals surface area contributed by atoms with Gasteiger partial charge in [0.15, 0.2) is 0 Å². The molecule has 3 aromatic carbocycles. The van der Waals surface area contributed by atoms with Crippen molar-refractivity contribution in [2.45, 2.75) is 12.5 Å². The highest BCUT2D eigenvalue weighted by Crippen LogP contribution is 2.38. The van der Waals surface area contributed by atoms with Crippen LogP contribution < -0.4 is 0 Å². The van der Waals surface area contributed by atoms with Gasteiger partial charge in [0.05, 0.1) is 12.4 Å². The van der Waals surface area contributed by atoms with Crippen molar-refractivity contribution in [2.24, 2.45) is 0 Å². The summed E-state index contributed by atoms with van der Waals surface area (Å²) in [6.07, 6.45) is 6.81. The number of fused-ring (bicyclic) bond motifs is 3. The second-order valence-electron chi connectivity index (χ2n) is 6.57. The van der Waals surface area contributed by atoms with Crippen molar-refractivity contribution in [1.82, 2.24) is 9.55 Å². The average molecular weight is 322 g/mol. The highest BCUT2D eigenvalue weighted by Gasteiger charge is 2.21. The fourth-order valence-electron chi connectivity index (χ4n) is 3.93. The average Bonchev–Trinajstić information content (AvgIpc) is 3.30. The molecule has 1 aliphatic rings. The number of aromatic nitrogens is 2. The Kier molecular flexibility index (Phi) is 3.27. The van der Waals surface area contributed by atoms with Crippen molar-refractivity contribution in [3.05, 3.63) is 114 Å². The minimum absolute atomic E-state index is 0.151. The maximum absolute atomic E-state index is 4.26. The van der Waals surface area contributed by atoms with E-state index in [-0.39, 0.29) is 6.04 Å². The molecule has 120 valence electrons. The molecule has 1 heterocycles. The Morgan fingerprint density at radius 1 is 0.760 bits per heavy atom. The lowest BCUT2D eigenvalue weighted by Crippen LogP contribution is -2.10. The van der Waals surface area contributed by atoms with Gasteiger partial charge in [0.25, 0.3) is 0 Å². The van der Waals surface area contributed by atoms with E-state index in [0.717, 1.165) is 6.42 Å². The summed E-state index contributed by atoms with van der Waals surface area (Å²) in [5.74, 6) is 0. The number of nitrogens with zero attached hydrogens (tertiary/aromatic N) is 2. The van der Waals surface area contributed by atoms with Gasteiger partial charge in [-0.1, -0.05) is 72.8 Å². The lowest BCUT2D eigenvalue weighted by molar-refractivity contribution is 0.676. The molecule has 25 heavy (non-hydrogen) atoms. The van der Waals surface area contributed by atoms with E-state index in [1.54, 1.807) is 0 Å². The fourth-order valence-corrected chi connectivity index (χ4v) is 3.93. The van der Waals surface area contributed by atoms with Crippen molar-refractivity contribution >= 4 is 0 Å². The Balaban J connectivity index is 1.63. The lowest BCUT2D eigenvalue weighted by Gasteiger charge is -2.20. The summed E-state index contributed by atoms with van der Waals surface area (Å²) >= 11 is 0. The van der Waals surface area contributed by atoms with E-state index < -0.39 is 0 Å². The fraction of sp³-hybridized carbons (Fsp3) is 0.0870. The minimum atomic E-state index is 0.151. The molecule has 0 N–H and O–H groups in total. The first-order valence-electron chi connectivity index (χ1n) is 8.63. The van der Waals surface area contributed by atoms with Gasteiger partial charge in [0.2, 0.25) is 0 Å². The van der Waals surface area contributed by atoms with Gasteiger partial charge >= 0.3 is 0 Å². The molecule has 0 fully saturated rings. The number of imidazole rings is 1. The summed E-state index contributed by atoms with van der Waals surface area (Å²) in [4.78, 5) is 4.26. The van der Waals surface area contributed by atoms with E-state index >= 15 is 0 Å². The lowest BCUT2D eigenvalue weighted by atomic mass is 9.95. The molecule has 0 aliphatic heterocycles. The van der Waals surface area contributed by atoms with Crippen molar-refractivity contribution in [3.63, 3.8) is 0 Å². The second kappa shape index (κ2) is 5.75. The van der Waals surface area contributed by atoms with Crippen LogP contribution in [0.3, 0.4) is 0 Å². The van der Waals surface area contributed by atoms with Crippen LogP contribution in [0.25, 0.3) is 11.1 Å². The SMILES string of the molecule is c1ccc(C(c2ccc3c(c2)Cc2ccccc2-3)n2ccnc2)cc1. The third-order valence-electron chi connectivity index (χ3n) is 5.07. The second-order valence-corrected chi connectivity index (χ2v) is 6.57. The number of benzene rings is 3. The Hall–Kier alpha value is -3.13. The molecular formula is C23H18N2. The third kappa shape index (κ3) is 2.38. The van der Waals surface area contributed by atoms with Crippen LogP contribution in [0.5, 0.6) is 0 Å². The summed E-state index contributed by atoms with van der Waals surface area (Å²) in [6.45, 7) is 0. The maximum atomic E-state index is 4.26. The van der Waals surface area contributed by atoms with Crippen LogP contribution >= 0.6 is 0 Å². The smallest absolute Gasteiger partial charge is 0.0954 e. The van der Waals surface area contributed by atoms with Crippen LogP contribution in [-0.2, 0) is 6.42 Å². The molecular weight excluding hydrogens is 304 g/mol. The van der Waals surface area contributed by atoms with Gasteiger partial charge in [-0.2, -0.15) is 0 Å². The van der Waals surface area contributed by atoms with Crippen molar-refractivity contribution in [2.75, 3.05) is 0 Å². The molecule has 1 unspecified atom stereocenters. The summed E-state index contributed by atoms with van der Waals surface area (Å²) < 4.78 is 2.18. The summed E-state index contributed by atoms with van der Waals surface area (Å²) in [5.41, 5.74) is 8.17. The predicted molar refractivity (Wildman–Crippen MR) is 101 cm³/mol. The van der Waals surface area contributed by atoms with Crippen LogP contribution in [0.15, 0.2) is 91.5 Å². The summed E-state index contributed by atoms with van der Waals surface area (Å²) in [6, 6.07) is 26.4. The van der Waals surface area contributed by atoms with Gasteiger partial charge in [-0.15, -0.1) is 0 Å². The van der Waals surface area contributed by atoms with Gasteiger partial charge < -0.3 is 4.57 Å². The molecule has 4 aromatic rings. The quantitative estimate of drug-likeness (QED) is 0.452. The third-order valence-corrected chi connectivity index (χ3v) is 5.07.